The molecule has 0 bridgehead atoms. The fraction of sp³-hybridized carbons (Fsp3) is 0.462. The van der Waals surface area contributed by atoms with Crippen LogP contribution in [0, 0.1) is 0 Å². The third-order valence-electron chi connectivity index (χ3n) is 3.29. The minimum atomic E-state index is 0.101. The van der Waals surface area contributed by atoms with Gasteiger partial charge in [0.2, 0.25) is 0 Å². The molecule has 2 atom stereocenters. The van der Waals surface area contributed by atoms with E-state index in [2.05, 4.69) is 40.2 Å². The predicted molar refractivity (Wildman–Crippen MR) is 67.1 cm³/mol. The standard InChI is InChI=1S/C13H17N3O/c1-9-8-17-12(7-14-2)13-10-5-3-4-6-11(10)15-16(9)13/h3-6,9,12,14H,7-8H2,1-2H3/t9?,12-/m0/s1. The van der Waals surface area contributed by atoms with Gasteiger partial charge in [-0.1, -0.05) is 18.2 Å². The van der Waals surface area contributed by atoms with E-state index in [0.29, 0.717) is 6.04 Å². The maximum absolute atomic E-state index is 5.90. The fourth-order valence-corrected chi connectivity index (χ4v) is 2.47. The third-order valence-corrected chi connectivity index (χ3v) is 3.29. The van der Waals surface area contributed by atoms with Crippen LogP contribution in [0.4, 0.5) is 0 Å². The Morgan fingerprint density at radius 2 is 2.29 bits per heavy atom. The zero-order chi connectivity index (χ0) is 11.8. The van der Waals surface area contributed by atoms with Gasteiger partial charge in [-0.3, -0.25) is 4.68 Å². The smallest absolute Gasteiger partial charge is 0.112 e. The number of nitrogens with one attached hydrogen (secondary N) is 1. The highest BCUT2D eigenvalue weighted by molar-refractivity contribution is 5.82. The molecule has 2 heterocycles. The van der Waals surface area contributed by atoms with Gasteiger partial charge in [0.15, 0.2) is 0 Å². The summed E-state index contributed by atoms with van der Waals surface area (Å²) in [5.41, 5.74) is 2.26. The lowest BCUT2D eigenvalue weighted by Crippen LogP contribution is -2.31. The van der Waals surface area contributed by atoms with Crippen molar-refractivity contribution in [3.8, 4) is 0 Å². The molecule has 0 amide bonds. The van der Waals surface area contributed by atoms with Crippen molar-refractivity contribution in [2.75, 3.05) is 20.2 Å². The lowest BCUT2D eigenvalue weighted by atomic mass is 10.1. The second-order valence-corrected chi connectivity index (χ2v) is 4.58. The maximum atomic E-state index is 5.90. The molecule has 3 rings (SSSR count). The van der Waals surface area contributed by atoms with Gasteiger partial charge < -0.3 is 10.1 Å². The lowest BCUT2D eigenvalue weighted by molar-refractivity contribution is 0.00220. The highest BCUT2D eigenvalue weighted by Crippen LogP contribution is 2.32. The van der Waals surface area contributed by atoms with Crippen molar-refractivity contribution in [1.29, 1.82) is 0 Å². The Labute approximate surface area is 101 Å². The molecule has 2 aromatic rings. The SMILES string of the molecule is CNC[C@@H]1OCC(C)n2nc3ccccc3c21. The summed E-state index contributed by atoms with van der Waals surface area (Å²) in [5, 5.41) is 9.06. The molecule has 0 fully saturated rings. The van der Waals surface area contributed by atoms with E-state index in [9.17, 15) is 0 Å². The maximum Gasteiger partial charge on any atom is 0.112 e. The average Bonchev–Trinajstić information content (AvgIpc) is 2.73. The molecule has 1 unspecified atom stereocenters. The number of likely N-dealkylation sites (N-methyl/N-ethyl adjacent to an activating group) is 1. The number of benzene rings is 1. The van der Waals surface area contributed by atoms with Crippen molar-refractivity contribution in [1.82, 2.24) is 15.1 Å². The molecule has 4 heteroatoms. The molecule has 0 saturated carbocycles. The van der Waals surface area contributed by atoms with Crippen molar-refractivity contribution in [3.63, 3.8) is 0 Å². The molecule has 1 aliphatic rings. The van der Waals surface area contributed by atoms with E-state index in [1.54, 1.807) is 0 Å². The second-order valence-electron chi connectivity index (χ2n) is 4.58. The molecule has 1 N–H and O–H groups in total. The first-order chi connectivity index (χ1) is 8.31. The Morgan fingerprint density at radius 1 is 1.47 bits per heavy atom. The third kappa shape index (κ3) is 1.64. The summed E-state index contributed by atoms with van der Waals surface area (Å²) in [6.45, 7) is 3.70. The zero-order valence-electron chi connectivity index (χ0n) is 10.2. The van der Waals surface area contributed by atoms with Gasteiger partial charge in [0, 0.05) is 11.9 Å². The molecule has 0 radical (unpaired) electrons. The molecule has 0 spiro atoms. The van der Waals surface area contributed by atoms with Crippen molar-refractivity contribution < 1.29 is 4.74 Å². The average molecular weight is 231 g/mol. The summed E-state index contributed by atoms with van der Waals surface area (Å²) in [6, 6.07) is 8.58. The molecule has 1 aromatic carbocycles. The highest BCUT2D eigenvalue weighted by Gasteiger charge is 2.28. The molecule has 0 aliphatic carbocycles. The first kappa shape index (κ1) is 10.7. The van der Waals surface area contributed by atoms with E-state index in [0.717, 1.165) is 18.7 Å². The van der Waals surface area contributed by atoms with Gasteiger partial charge >= 0.3 is 0 Å². The summed E-state index contributed by atoms with van der Waals surface area (Å²) in [6.07, 6.45) is 0.101. The Morgan fingerprint density at radius 3 is 3.12 bits per heavy atom. The van der Waals surface area contributed by atoms with Gasteiger partial charge in [-0.15, -0.1) is 0 Å². The van der Waals surface area contributed by atoms with Crippen molar-refractivity contribution in [2.24, 2.45) is 0 Å². The predicted octanol–water partition coefficient (Wildman–Crippen LogP) is 1.89. The number of ether oxygens (including phenoxy) is 1. The molecule has 1 aromatic heterocycles. The molecule has 4 nitrogen and oxygen atoms in total. The van der Waals surface area contributed by atoms with Gasteiger partial charge in [-0.05, 0) is 20.0 Å². The first-order valence-electron chi connectivity index (χ1n) is 6.04. The van der Waals surface area contributed by atoms with Gasteiger partial charge in [0.05, 0.1) is 23.9 Å². The summed E-state index contributed by atoms with van der Waals surface area (Å²) < 4.78 is 8.02. The number of hydrogen-bond acceptors (Lipinski definition) is 3. The monoisotopic (exact) mass is 231 g/mol. The lowest BCUT2D eigenvalue weighted by Gasteiger charge is -2.29. The van der Waals surface area contributed by atoms with E-state index < -0.39 is 0 Å². The molecular weight excluding hydrogens is 214 g/mol. The fourth-order valence-electron chi connectivity index (χ4n) is 2.47. The minimum absolute atomic E-state index is 0.101. The van der Waals surface area contributed by atoms with Crippen LogP contribution in [0.2, 0.25) is 0 Å². The van der Waals surface area contributed by atoms with Crippen molar-refractivity contribution in [3.05, 3.63) is 30.0 Å². The quantitative estimate of drug-likeness (QED) is 0.857. The minimum Gasteiger partial charge on any atom is -0.368 e. The number of nitrogens with zero attached hydrogens (tertiary/aromatic N) is 2. The normalized spacial score (nSPS) is 23.9. The Balaban J connectivity index is 2.19. The van der Waals surface area contributed by atoms with Crippen molar-refractivity contribution >= 4 is 10.9 Å². The van der Waals surface area contributed by atoms with Crippen LogP contribution in [0.5, 0.6) is 0 Å². The topological polar surface area (TPSA) is 39.1 Å². The van der Waals surface area contributed by atoms with Crippen LogP contribution in [0.15, 0.2) is 24.3 Å². The van der Waals surface area contributed by atoms with Gasteiger partial charge in [0.1, 0.15) is 6.10 Å². The molecule has 1 aliphatic heterocycles. The second kappa shape index (κ2) is 4.13. The van der Waals surface area contributed by atoms with E-state index >= 15 is 0 Å². The van der Waals surface area contributed by atoms with Crippen LogP contribution in [-0.2, 0) is 4.74 Å². The summed E-state index contributed by atoms with van der Waals surface area (Å²) in [7, 11) is 1.95. The largest absolute Gasteiger partial charge is 0.368 e. The summed E-state index contributed by atoms with van der Waals surface area (Å²) in [4.78, 5) is 0. The van der Waals surface area contributed by atoms with Crippen LogP contribution >= 0.6 is 0 Å². The van der Waals surface area contributed by atoms with Crippen LogP contribution in [0.3, 0.4) is 0 Å². The Hall–Kier alpha value is -1.39. The van der Waals surface area contributed by atoms with Crippen LogP contribution in [-0.4, -0.2) is 30.0 Å². The Kier molecular flexibility index (Phi) is 2.61. The molecular formula is C13H17N3O. The van der Waals surface area contributed by atoms with E-state index in [-0.39, 0.29) is 6.10 Å². The van der Waals surface area contributed by atoms with Crippen LogP contribution in [0.25, 0.3) is 10.9 Å². The molecule has 0 saturated heterocycles. The number of aromatic nitrogens is 2. The number of rotatable bonds is 2. The number of fused-ring (bicyclic) bond motifs is 3. The van der Waals surface area contributed by atoms with Gasteiger partial charge in [0.25, 0.3) is 0 Å². The van der Waals surface area contributed by atoms with Gasteiger partial charge in [-0.2, -0.15) is 5.10 Å². The van der Waals surface area contributed by atoms with Gasteiger partial charge in [-0.25, -0.2) is 0 Å². The Bertz CT molecular complexity index is 534. The summed E-state index contributed by atoms with van der Waals surface area (Å²) >= 11 is 0. The zero-order valence-corrected chi connectivity index (χ0v) is 10.2. The molecule has 17 heavy (non-hydrogen) atoms. The van der Waals surface area contributed by atoms with Crippen molar-refractivity contribution in [2.45, 2.75) is 19.1 Å². The van der Waals surface area contributed by atoms with Crippen LogP contribution < -0.4 is 5.32 Å². The van der Waals surface area contributed by atoms with E-state index in [1.807, 2.05) is 13.1 Å². The first-order valence-corrected chi connectivity index (χ1v) is 6.04. The van der Waals surface area contributed by atoms with E-state index in [1.165, 1.54) is 11.1 Å². The number of hydrogen-bond donors (Lipinski definition) is 1. The van der Waals surface area contributed by atoms with Crippen LogP contribution in [0.1, 0.15) is 24.8 Å². The summed E-state index contributed by atoms with van der Waals surface area (Å²) in [5.74, 6) is 0. The molecule has 90 valence electrons. The van der Waals surface area contributed by atoms with E-state index in [4.69, 9.17) is 4.74 Å². The highest BCUT2D eigenvalue weighted by atomic mass is 16.5.